The molecule has 0 spiro atoms. The number of carbonyl (C=O) groups is 1. The van der Waals surface area contributed by atoms with E-state index in [0.717, 1.165) is 12.8 Å². The van der Waals surface area contributed by atoms with E-state index in [1.165, 1.54) is 6.26 Å². The van der Waals surface area contributed by atoms with E-state index < -0.39 is 0 Å². The zero-order valence-corrected chi connectivity index (χ0v) is 14.1. The van der Waals surface area contributed by atoms with Crippen molar-refractivity contribution in [2.45, 2.75) is 33.3 Å². The van der Waals surface area contributed by atoms with Gasteiger partial charge in [0, 0.05) is 12.1 Å². The number of furan rings is 1. The van der Waals surface area contributed by atoms with Crippen molar-refractivity contribution in [3.8, 4) is 5.75 Å². The molecule has 0 radical (unpaired) electrons. The Balaban J connectivity index is 1.58. The molecule has 0 unspecified atom stereocenters. The Morgan fingerprint density at radius 3 is 2.72 bits per heavy atom. The summed E-state index contributed by atoms with van der Waals surface area (Å²) in [4.78, 5) is 16.4. The molecule has 0 aliphatic rings. The Labute approximate surface area is 145 Å². The highest BCUT2D eigenvalue weighted by Crippen LogP contribution is 2.19. The summed E-state index contributed by atoms with van der Waals surface area (Å²) < 4.78 is 15.9. The fraction of sp³-hybridized carbons (Fsp3) is 0.278. The molecule has 7 nitrogen and oxygen atoms in total. The number of nitrogens with zero attached hydrogens (tertiary/aromatic N) is 2. The van der Waals surface area contributed by atoms with Crippen LogP contribution in [0.4, 0.5) is 5.69 Å². The molecular formula is C18H19N3O4. The van der Waals surface area contributed by atoms with Crippen molar-refractivity contribution in [1.29, 1.82) is 0 Å². The first-order chi connectivity index (χ1) is 12.2. The molecule has 0 atom stereocenters. The van der Waals surface area contributed by atoms with Gasteiger partial charge >= 0.3 is 0 Å². The first-order valence-corrected chi connectivity index (χ1v) is 8.05. The van der Waals surface area contributed by atoms with Crippen LogP contribution in [0.2, 0.25) is 0 Å². The third-order valence-corrected chi connectivity index (χ3v) is 3.51. The van der Waals surface area contributed by atoms with Crippen LogP contribution in [0.25, 0.3) is 0 Å². The summed E-state index contributed by atoms with van der Waals surface area (Å²) in [5, 5.41) is 6.55. The van der Waals surface area contributed by atoms with Gasteiger partial charge in [-0.1, -0.05) is 12.1 Å². The van der Waals surface area contributed by atoms with Gasteiger partial charge < -0.3 is 19.0 Å². The van der Waals surface area contributed by atoms with Crippen LogP contribution >= 0.6 is 0 Å². The zero-order valence-electron chi connectivity index (χ0n) is 14.1. The summed E-state index contributed by atoms with van der Waals surface area (Å²) in [6, 6.07) is 8.75. The van der Waals surface area contributed by atoms with Gasteiger partial charge in [0.2, 0.25) is 0 Å². The van der Waals surface area contributed by atoms with Crippen LogP contribution in [-0.2, 0) is 13.0 Å². The van der Waals surface area contributed by atoms with Crippen molar-refractivity contribution in [3.05, 3.63) is 59.6 Å². The summed E-state index contributed by atoms with van der Waals surface area (Å²) in [6.45, 7) is 3.98. The fourth-order valence-electron chi connectivity index (χ4n) is 2.34. The number of rotatable bonds is 7. The molecule has 0 fully saturated rings. The SMILES string of the molecule is CCCc1occc1C(=O)Nc1ccc(OCc2nc(C)no2)cc1. The number of nitrogens with one attached hydrogen (secondary N) is 1. The number of amides is 1. The summed E-state index contributed by atoms with van der Waals surface area (Å²) in [7, 11) is 0. The van der Waals surface area contributed by atoms with Crippen LogP contribution in [0.1, 0.15) is 41.2 Å². The number of anilines is 1. The molecule has 1 aromatic carbocycles. The van der Waals surface area contributed by atoms with Crippen LogP contribution < -0.4 is 10.1 Å². The van der Waals surface area contributed by atoms with Gasteiger partial charge in [-0.05, 0) is 43.7 Å². The van der Waals surface area contributed by atoms with Crippen molar-refractivity contribution in [3.63, 3.8) is 0 Å². The van der Waals surface area contributed by atoms with E-state index >= 15 is 0 Å². The first-order valence-electron chi connectivity index (χ1n) is 8.05. The Kier molecular flexibility index (Phi) is 5.13. The molecule has 7 heteroatoms. The minimum Gasteiger partial charge on any atom is -0.484 e. The molecule has 0 saturated heterocycles. The van der Waals surface area contributed by atoms with Crippen molar-refractivity contribution >= 4 is 11.6 Å². The smallest absolute Gasteiger partial charge is 0.264 e. The predicted octanol–water partition coefficient (Wildman–Crippen LogP) is 3.75. The highest BCUT2D eigenvalue weighted by atomic mass is 16.5. The lowest BCUT2D eigenvalue weighted by atomic mass is 10.1. The molecule has 1 amide bonds. The summed E-state index contributed by atoms with van der Waals surface area (Å²) in [5.74, 6) is 2.14. The number of hydrogen-bond acceptors (Lipinski definition) is 6. The molecule has 25 heavy (non-hydrogen) atoms. The van der Waals surface area contributed by atoms with Gasteiger partial charge in [-0.15, -0.1) is 0 Å². The van der Waals surface area contributed by atoms with Crippen molar-refractivity contribution in [1.82, 2.24) is 10.1 Å². The molecular weight excluding hydrogens is 322 g/mol. The summed E-state index contributed by atoms with van der Waals surface area (Å²) in [5.41, 5.74) is 1.24. The minimum absolute atomic E-state index is 0.188. The van der Waals surface area contributed by atoms with E-state index in [4.69, 9.17) is 13.7 Å². The highest BCUT2D eigenvalue weighted by Gasteiger charge is 2.14. The van der Waals surface area contributed by atoms with E-state index in [9.17, 15) is 4.79 Å². The number of aromatic nitrogens is 2. The fourth-order valence-corrected chi connectivity index (χ4v) is 2.34. The topological polar surface area (TPSA) is 90.4 Å². The number of hydrogen-bond donors (Lipinski definition) is 1. The lowest BCUT2D eigenvalue weighted by Crippen LogP contribution is -2.12. The molecule has 0 saturated carbocycles. The van der Waals surface area contributed by atoms with Crippen LogP contribution in [0, 0.1) is 6.92 Å². The predicted molar refractivity (Wildman–Crippen MR) is 90.5 cm³/mol. The maximum absolute atomic E-state index is 12.3. The maximum Gasteiger partial charge on any atom is 0.264 e. The van der Waals surface area contributed by atoms with Gasteiger partial charge in [-0.25, -0.2) is 0 Å². The second-order valence-electron chi connectivity index (χ2n) is 5.51. The molecule has 2 heterocycles. The number of carbonyl (C=O) groups excluding carboxylic acids is 1. The third kappa shape index (κ3) is 4.26. The van der Waals surface area contributed by atoms with Gasteiger partial charge in [-0.3, -0.25) is 4.79 Å². The highest BCUT2D eigenvalue weighted by molar-refractivity contribution is 6.04. The van der Waals surface area contributed by atoms with Crippen molar-refractivity contribution in [2.24, 2.45) is 0 Å². The van der Waals surface area contributed by atoms with Crippen LogP contribution in [0.15, 0.2) is 45.5 Å². The van der Waals surface area contributed by atoms with Gasteiger partial charge in [0.15, 0.2) is 12.4 Å². The summed E-state index contributed by atoms with van der Waals surface area (Å²) in [6.07, 6.45) is 3.19. The molecule has 2 aromatic heterocycles. The molecule has 0 aliphatic carbocycles. The number of ether oxygens (including phenoxy) is 1. The second kappa shape index (κ2) is 7.65. The van der Waals surface area contributed by atoms with E-state index in [2.05, 4.69) is 15.5 Å². The van der Waals surface area contributed by atoms with Gasteiger partial charge in [-0.2, -0.15) is 4.98 Å². The average molecular weight is 341 g/mol. The Morgan fingerprint density at radius 2 is 2.04 bits per heavy atom. The van der Waals surface area contributed by atoms with E-state index in [0.29, 0.717) is 34.5 Å². The van der Waals surface area contributed by atoms with E-state index in [-0.39, 0.29) is 12.5 Å². The second-order valence-corrected chi connectivity index (χ2v) is 5.51. The van der Waals surface area contributed by atoms with Crippen molar-refractivity contribution < 1.29 is 18.5 Å². The van der Waals surface area contributed by atoms with Crippen LogP contribution in [0.5, 0.6) is 5.75 Å². The largest absolute Gasteiger partial charge is 0.484 e. The third-order valence-electron chi connectivity index (χ3n) is 3.51. The molecule has 3 rings (SSSR count). The Morgan fingerprint density at radius 1 is 1.24 bits per heavy atom. The van der Waals surface area contributed by atoms with Gasteiger partial charge in [0.25, 0.3) is 11.8 Å². The molecule has 3 aromatic rings. The maximum atomic E-state index is 12.3. The van der Waals surface area contributed by atoms with Crippen LogP contribution in [-0.4, -0.2) is 16.0 Å². The van der Waals surface area contributed by atoms with Crippen LogP contribution in [0.3, 0.4) is 0 Å². The average Bonchev–Trinajstić information content (AvgIpc) is 3.23. The van der Waals surface area contributed by atoms with E-state index in [1.807, 2.05) is 6.92 Å². The van der Waals surface area contributed by atoms with Gasteiger partial charge in [0.1, 0.15) is 11.5 Å². The first kappa shape index (κ1) is 16.8. The molecule has 0 bridgehead atoms. The van der Waals surface area contributed by atoms with Crippen molar-refractivity contribution in [2.75, 3.05) is 5.32 Å². The Hall–Kier alpha value is -3.09. The lowest BCUT2D eigenvalue weighted by molar-refractivity contribution is 0.102. The molecule has 0 aliphatic heterocycles. The number of benzene rings is 1. The summed E-state index contributed by atoms with van der Waals surface area (Å²) >= 11 is 0. The molecule has 1 N–H and O–H groups in total. The normalized spacial score (nSPS) is 10.6. The van der Waals surface area contributed by atoms with E-state index in [1.54, 1.807) is 37.3 Å². The standard InChI is InChI=1S/C18H19N3O4/c1-3-4-16-15(9-10-23-16)18(22)20-13-5-7-14(8-6-13)24-11-17-19-12(2)21-25-17/h5-10H,3-4,11H2,1-2H3,(H,20,22). The van der Waals surface area contributed by atoms with Gasteiger partial charge in [0.05, 0.1) is 11.8 Å². The zero-order chi connectivity index (χ0) is 17.6. The lowest BCUT2D eigenvalue weighted by Gasteiger charge is -2.07. The molecule has 130 valence electrons. The number of aryl methyl sites for hydroxylation is 2. The Bertz CT molecular complexity index is 836. The quantitative estimate of drug-likeness (QED) is 0.704. The minimum atomic E-state index is -0.188. The monoisotopic (exact) mass is 341 g/mol.